The summed E-state index contributed by atoms with van der Waals surface area (Å²) in [6, 6.07) is 10.5. The second kappa shape index (κ2) is 6.10. The first-order chi connectivity index (χ1) is 12.4. The summed E-state index contributed by atoms with van der Waals surface area (Å²) in [6.07, 6.45) is 0.370. The van der Waals surface area contributed by atoms with E-state index in [2.05, 4.69) is 5.32 Å². The molecule has 0 radical (unpaired) electrons. The second-order valence-corrected chi connectivity index (χ2v) is 6.56. The van der Waals surface area contributed by atoms with Gasteiger partial charge in [0.05, 0.1) is 12.2 Å². The fourth-order valence-corrected chi connectivity index (χ4v) is 3.36. The van der Waals surface area contributed by atoms with Crippen LogP contribution in [-0.4, -0.2) is 41.5 Å². The average molecular weight is 356 g/mol. The number of carbonyl (C=O) groups is 2. The molecule has 2 aliphatic heterocycles. The summed E-state index contributed by atoms with van der Waals surface area (Å²) >= 11 is 0. The lowest BCUT2D eigenvalue weighted by atomic mass is 9.93. The minimum Gasteiger partial charge on any atom is -0.482 e. The molecule has 7 heteroatoms. The summed E-state index contributed by atoms with van der Waals surface area (Å²) < 4.78 is 18.4. The van der Waals surface area contributed by atoms with Crippen LogP contribution in [0.2, 0.25) is 0 Å². The van der Waals surface area contributed by atoms with E-state index in [0.717, 1.165) is 0 Å². The smallest absolute Gasteiger partial charge is 0.262 e. The molecular formula is C19H17FN2O4. The van der Waals surface area contributed by atoms with Gasteiger partial charge in [0.2, 0.25) is 0 Å². The number of nitrogens with one attached hydrogen (secondary N) is 1. The molecule has 1 unspecified atom stereocenters. The van der Waals surface area contributed by atoms with Crippen LogP contribution < -0.4 is 10.1 Å². The number of halogens is 1. The van der Waals surface area contributed by atoms with Crippen LogP contribution in [0.1, 0.15) is 22.3 Å². The Kier molecular flexibility index (Phi) is 3.88. The molecule has 2 heterocycles. The molecule has 2 aromatic carbocycles. The van der Waals surface area contributed by atoms with Crippen molar-refractivity contribution in [3.63, 3.8) is 0 Å². The number of aliphatic hydroxyl groups is 1. The minimum absolute atomic E-state index is 0.0445. The number of hydrogen-bond acceptors (Lipinski definition) is 4. The molecule has 0 bridgehead atoms. The topological polar surface area (TPSA) is 78.9 Å². The molecule has 2 N–H and O–H groups in total. The highest BCUT2D eigenvalue weighted by Crippen LogP contribution is 2.34. The third-order valence-corrected chi connectivity index (χ3v) is 4.78. The molecule has 1 atom stereocenters. The molecule has 2 aromatic rings. The van der Waals surface area contributed by atoms with Crippen molar-refractivity contribution in [1.29, 1.82) is 0 Å². The van der Waals surface area contributed by atoms with Crippen molar-refractivity contribution in [3.8, 4) is 5.75 Å². The minimum atomic E-state index is -1.20. The number of ether oxygens (including phenoxy) is 1. The van der Waals surface area contributed by atoms with Crippen molar-refractivity contribution in [2.75, 3.05) is 25.0 Å². The van der Waals surface area contributed by atoms with E-state index in [1.165, 1.54) is 24.3 Å². The van der Waals surface area contributed by atoms with Crippen LogP contribution >= 0.6 is 0 Å². The Hall–Kier alpha value is -2.93. The van der Waals surface area contributed by atoms with E-state index >= 15 is 0 Å². The van der Waals surface area contributed by atoms with Crippen LogP contribution in [0.25, 0.3) is 0 Å². The first kappa shape index (κ1) is 16.5. The van der Waals surface area contributed by atoms with E-state index in [9.17, 15) is 19.1 Å². The van der Waals surface area contributed by atoms with Gasteiger partial charge in [-0.1, -0.05) is 12.1 Å². The molecule has 2 aliphatic rings. The highest BCUT2D eigenvalue weighted by molar-refractivity contribution is 6.00. The van der Waals surface area contributed by atoms with Gasteiger partial charge in [-0.3, -0.25) is 9.59 Å². The maximum atomic E-state index is 13.1. The summed E-state index contributed by atoms with van der Waals surface area (Å²) in [5, 5.41) is 13.5. The average Bonchev–Trinajstić information content (AvgIpc) is 3.04. The lowest BCUT2D eigenvalue weighted by molar-refractivity contribution is -0.118. The predicted octanol–water partition coefficient (Wildman–Crippen LogP) is 1.89. The summed E-state index contributed by atoms with van der Waals surface area (Å²) in [4.78, 5) is 25.8. The maximum absolute atomic E-state index is 13.1. The highest BCUT2D eigenvalue weighted by atomic mass is 19.1. The molecule has 0 aromatic heterocycles. The number of anilines is 1. The van der Waals surface area contributed by atoms with Crippen LogP contribution in [0.4, 0.5) is 10.1 Å². The van der Waals surface area contributed by atoms with Gasteiger partial charge in [-0.15, -0.1) is 0 Å². The number of rotatable bonds is 2. The fourth-order valence-electron chi connectivity index (χ4n) is 3.36. The van der Waals surface area contributed by atoms with Gasteiger partial charge in [0.25, 0.3) is 11.8 Å². The first-order valence-electron chi connectivity index (χ1n) is 8.29. The lowest BCUT2D eigenvalue weighted by Gasteiger charge is -2.24. The van der Waals surface area contributed by atoms with E-state index in [-0.39, 0.29) is 30.8 Å². The molecule has 26 heavy (non-hydrogen) atoms. The largest absolute Gasteiger partial charge is 0.482 e. The summed E-state index contributed by atoms with van der Waals surface area (Å²) in [5.74, 6) is -0.369. The number of β-amino-alcohol motifs (C(OH)–C–C–N with tert-alkyl or cyclic N) is 1. The molecule has 6 nitrogen and oxygen atoms in total. The van der Waals surface area contributed by atoms with Gasteiger partial charge < -0.3 is 20.1 Å². The Morgan fingerprint density at radius 1 is 1.23 bits per heavy atom. The first-order valence-corrected chi connectivity index (χ1v) is 8.29. The molecule has 2 amide bonds. The van der Waals surface area contributed by atoms with Gasteiger partial charge in [-0.25, -0.2) is 4.39 Å². The van der Waals surface area contributed by atoms with Crippen molar-refractivity contribution in [3.05, 3.63) is 59.4 Å². The Labute approximate surface area is 149 Å². The number of hydrogen-bond donors (Lipinski definition) is 2. The van der Waals surface area contributed by atoms with Gasteiger partial charge in [-0.2, -0.15) is 0 Å². The van der Waals surface area contributed by atoms with Crippen molar-refractivity contribution in [1.82, 2.24) is 4.90 Å². The number of likely N-dealkylation sites (tertiary alicyclic amines) is 1. The van der Waals surface area contributed by atoms with Crippen LogP contribution in [0.5, 0.6) is 5.75 Å². The van der Waals surface area contributed by atoms with E-state index in [0.29, 0.717) is 35.5 Å². The Morgan fingerprint density at radius 3 is 2.77 bits per heavy atom. The standard InChI is InChI=1S/C19H17FN2O4/c20-14-4-2-13(3-5-14)19(25)7-8-22(11-19)18(24)12-1-6-16-15(9-12)21-17(23)10-26-16/h1-6,9,25H,7-8,10-11H2,(H,21,23). The Bertz CT molecular complexity index is 884. The summed E-state index contributed by atoms with van der Waals surface area (Å²) in [5.41, 5.74) is 0.243. The molecule has 134 valence electrons. The third-order valence-electron chi connectivity index (χ3n) is 4.78. The molecule has 1 fully saturated rings. The van der Waals surface area contributed by atoms with Crippen LogP contribution in [-0.2, 0) is 10.4 Å². The molecule has 0 spiro atoms. The van der Waals surface area contributed by atoms with Gasteiger partial charge in [0.1, 0.15) is 17.2 Å². The van der Waals surface area contributed by atoms with Crippen molar-refractivity contribution < 1.29 is 23.8 Å². The number of carbonyl (C=O) groups excluding carboxylic acids is 2. The fraction of sp³-hybridized carbons (Fsp3) is 0.263. The number of amides is 2. The van der Waals surface area contributed by atoms with Crippen LogP contribution in [0.15, 0.2) is 42.5 Å². The van der Waals surface area contributed by atoms with Gasteiger partial charge >= 0.3 is 0 Å². The van der Waals surface area contributed by atoms with E-state index in [1.807, 2.05) is 0 Å². The molecule has 4 rings (SSSR count). The quantitative estimate of drug-likeness (QED) is 0.861. The molecule has 0 aliphatic carbocycles. The maximum Gasteiger partial charge on any atom is 0.262 e. The van der Waals surface area contributed by atoms with Gasteiger partial charge in [0.15, 0.2) is 6.61 Å². The van der Waals surface area contributed by atoms with Crippen molar-refractivity contribution in [2.24, 2.45) is 0 Å². The second-order valence-electron chi connectivity index (χ2n) is 6.56. The Morgan fingerprint density at radius 2 is 2.00 bits per heavy atom. The SMILES string of the molecule is O=C1COc2ccc(C(=O)N3CCC(O)(c4ccc(F)cc4)C3)cc2N1. The number of fused-ring (bicyclic) bond motifs is 1. The lowest BCUT2D eigenvalue weighted by Crippen LogP contribution is -2.34. The van der Waals surface area contributed by atoms with E-state index in [1.54, 1.807) is 23.1 Å². The number of benzene rings is 2. The van der Waals surface area contributed by atoms with E-state index in [4.69, 9.17) is 4.74 Å². The highest BCUT2D eigenvalue weighted by Gasteiger charge is 2.40. The molecule has 1 saturated heterocycles. The predicted molar refractivity (Wildman–Crippen MR) is 91.4 cm³/mol. The third kappa shape index (κ3) is 2.90. The zero-order valence-electron chi connectivity index (χ0n) is 13.9. The summed E-state index contributed by atoms with van der Waals surface area (Å²) in [7, 11) is 0. The monoisotopic (exact) mass is 356 g/mol. The zero-order valence-corrected chi connectivity index (χ0v) is 13.9. The van der Waals surface area contributed by atoms with Crippen molar-refractivity contribution in [2.45, 2.75) is 12.0 Å². The van der Waals surface area contributed by atoms with Gasteiger partial charge in [-0.05, 0) is 42.3 Å². The summed E-state index contributed by atoms with van der Waals surface area (Å²) in [6.45, 7) is 0.460. The Balaban J connectivity index is 1.54. The van der Waals surface area contributed by atoms with Crippen molar-refractivity contribution >= 4 is 17.5 Å². The van der Waals surface area contributed by atoms with Crippen LogP contribution in [0, 0.1) is 5.82 Å². The van der Waals surface area contributed by atoms with Gasteiger partial charge in [0, 0.05) is 12.1 Å². The molecular weight excluding hydrogens is 339 g/mol. The van der Waals surface area contributed by atoms with E-state index < -0.39 is 5.60 Å². The zero-order chi connectivity index (χ0) is 18.3. The number of nitrogens with zero attached hydrogens (tertiary/aromatic N) is 1. The molecule has 0 saturated carbocycles. The normalized spacial score (nSPS) is 21.8. The van der Waals surface area contributed by atoms with Crippen LogP contribution in [0.3, 0.4) is 0 Å².